The summed E-state index contributed by atoms with van der Waals surface area (Å²) in [5.41, 5.74) is 1.58. The van der Waals surface area contributed by atoms with Crippen molar-refractivity contribution in [2.75, 3.05) is 0 Å². The lowest BCUT2D eigenvalue weighted by Gasteiger charge is -2.03. The third-order valence-electron chi connectivity index (χ3n) is 1.71. The second-order valence-corrected chi connectivity index (χ2v) is 3.26. The van der Waals surface area contributed by atoms with Gasteiger partial charge in [0.2, 0.25) is 0 Å². The Balaban J connectivity index is 2.04. The molecule has 1 atom stereocenters. The second-order valence-electron chi connectivity index (χ2n) is 2.65. The number of aliphatic hydroxyl groups is 1. The van der Waals surface area contributed by atoms with Gasteiger partial charge in [0.1, 0.15) is 0 Å². The fourth-order valence-electron chi connectivity index (χ4n) is 1.03. The summed E-state index contributed by atoms with van der Waals surface area (Å²) in [4.78, 5) is 0. The Labute approximate surface area is 78.6 Å². The summed E-state index contributed by atoms with van der Waals surface area (Å²) in [6.07, 6.45) is 3.20. The van der Waals surface area contributed by atoms with Gasteiger partial charge in [-0.1, -0.05) is 4.49 Å². The molecular formula is C7H8N4OS. The number of hydrogen-bond acceptors (Lipinski definition) is 5. The summed E-state index contributed by atoms with van der Waals surface area (Å²) in [6, 6.07) is 0. The standard InChI is InChI=1S/C7H8N4OS/c12-7(5-2-8-9-3-5)1-6-4-13-11-10-6/h2-4,7,12H,1H2,(H,8,9). The highest BCUT2D eigenvalue weighted by atomic mass is 32.1. The van der Waals surface area contributed by atoms with Crippen LogP contribution in [0.3, 0.4) is 0 Å². The van der Waals surface area contributed by atoms with Crippen LogP contribution in [0.2, 0.25) is 0 Å². The highest BCUT2D eigenvalue weighted by Crippen LogP contribution is 2.15. The van der Waals surface area contributed by atoms with E-state index in [9.17, 15) is 5.11 Å². The molecular weight excluding hydrogens is 188 g/mol. The van der Waals surface area contributed by atoms with Crippen molar-refractivity contribution in [2.24, 2.45) is 0 Å². The van der Waals surface area contributed by atoms with Crippen LogP contribution >= 0.6 is 11.5 Å². The first kappa shape index (κ1) is 8.33. The lowest BCUT2D eigenvalue weighted by molar-refractivity contribution is 0.177. The maximum Gasteiger partial charge on any atom is 0.0876 e. The molecule has 0 saturated heterocycles. The maximum absolute atomic E-state index is 9.66. The summed E-state index contributed by atoms with van der Waals surface area (Å²) < 4.78 is 3.71. The molecule has 0 spiro atoms. The number of aliphatic hydroxyl groups excluding tert-OH is 1. The van der Waals surface area contributed by atoms with Crippen molar-refractivity contribution in [1.82, 2.24) is 19.8 Å². The van der Waals surface area contributed by atoms with E-state index in [0.717, 1.165) is 11.3 Å². The number of nitrogens with zero attached hydrogens (tertiary/aromatic N) is 3. The van der Waals surface area contributed by atoms with Gasteiger partial charge in [-0.3, -0.25) is 5.10 Å². The van der Waals surface area contributed by atoms with Crippen molar-refractivity contribution in [3.05, 3.63) is 29.0 Å². The van der Waals surface area contributed by atoms with Crippen LogP contribution in [0.5, 0.6) is 0 Å². The first-order valence-corrected chi connectivity index (χ1v) is 4.62. The van der Waals surface area contributed by atoms with Gasteiger partial charge in [-0.2, -0.15) is 5.10 Å². The van der Waals surface area contributed by atoms with Crippen molar-refractivity contribution < 1.29 is 5.11 Å². The second kappa shape index (κ2) is 3.63. The van der Waals surface area contributed by atoms with Gasteiger partial charge < -0.3 is 5.11 Å². The topological polar surface area (TPSA) is 74.7 Å². The highest BCUT2D eigenvalue weighted by Gasteiger charge is 2.10. The molecule has 1 unspecified atom stereocenters. The van der Waals surface area contributed by atoms with Crippen molar-refractivity contribution in [3.63, 3.8) is 0 Å². The van der Waals surface area contributed by atoms with Crippen LogP contribution in [-0.2, 0) is 6.42 Å². The zero-order valence-corrected chi connectivity index (χ0v) is 7.53. The zero-order chi connectivity index (χ0) is 9.10. The van der Waals surface area contributed by atoms with Crippen molar-refractivity contribution in [3.8, 4) is 0 Å². The van der Waals surface area contributed by atoms with Gasteiger partial charge in [0.25, 0.3) is 0 Å². The van der Waals surface area contributed by atoms with Gasteiger partial charge in [-0.15, -0.1) is 5.10 Å². The van der Waals surface area contributed by atoms with Gasteiger partial charge in [0.15, 0.2) is 0 Å². The number of hydrogen-bond donors (Lipinski definition) is 2. The number of aromatic nitrogens is 4. The molecule has 6 heteroatoms. The van der Waals surface area contributed by atoms with Crippen LogP contribution in [0.1, 0.15) is 17.4 Å². The van der Waals surface area contributed by atoms with E-state index in [2.05, 4.69) is 19.8 Å². The van der Waals surface area contributed by atoms with E-state index in [-0.39, 0.29) is 0 Å². The number of nitrogens with one attached hydrogen (secondary N) is 1. The van der Waals surface area contributed by atoms with E-state index < -0.39 is 6.10 Å². The van der Waals surface area contributed by atoms with Crippen LogP contribution in [0.15, 0.2) is 17.8 Å². The van der Waals surface area contributed by atoms with Gasteiger partial charge in [0, 0.05) is 23.6 Å². The Morgan fingerprint density at radius 2 is 2.54 bits per heavy atom. The molecule has 68 valence electrons. The zero-order valence-electron chi connectivity index (χ0n) is 6.71. The summed E-state index contributed by atoms with van der Waals surface area (Å²) in [5, 5.41) is 21.7. The summed E-state index contributed by atoms with van der Waals surface area (Å²) in [7, 11) is 0. The van der Waals surface area contributed by atoms with Crippen LogP contribution in [-0.4, -0.2) is 24.9 Å². The molecule has 0 saturated carbocycles. The average Bonchev–Trinajstić information content (AvgIpc) is 2.74. The number of H-pyrrole nitrogens is 1. The lowest BCUT2D eigenvalue weighted by atomic mass is 10.1. The Hall–Kier alpha value is -1.27. The minimum atomic E-state index is -0.553. The van der Waals surface area contributed by atoms with E-state index in [1.165, 1.54) is 11.5 Å². The minimum Gasteiger partial charge on any atom is -0.388 e. The highest BCUT2D eigenvalue weighted by molar-refractivity contribution is 7.03. The van der Waals surface area contributed by atoms with Crippen LogP contribution in [0.25, 0.3) is 0 Å². The molecule has 0 amide bonds. The predicted octanol–water partition coefficient (Wildman–Crippen LogP) is 0.537. The largest absolute Gasteiger partial charge is 0.388 e. The molecule has 0 aromatic carbocycles. The predicted molar refractivity (Wildman–Crippen MR) is 47.2 cm³/mol. The fraction of sp³-hybridized carbons (Fsp3) is 0.286. The molecule has 2 aromatic rings. The van der Waals surface area contributed by atoms with E-state index in [1.54, 1.807) is 12.4 Å². The molecule has 2 heterocycles. The normalized spacial score (nSPS) is 13.0. The Morgan fingerprint density at radius 1 is 1.62 bits per heavy atom. The molecule has 0 fully saturated rings. The molecule has 5 nitrogen and oxygen atoms in total. The fourth-order valence-corrected chi connectivity index (χ4v) is 1.50. The minimum absolute atomic E-state index is 0.482. The maximum atomic E-state index is 9.66. The molecule has 13 heavy (non-hydrogen) atoms. The van der Waals surface area contributed by atoms with Crippen LogP contribution in [0.4, 0.5) is 0 Å². The molecule has 0 aliphatic carbocycles. The molecule has 2 N–H and O–H groups in total. The Morgan fingerprint density at radius 3 is 3.15 bits per heavy atom. The number of aromatic amines is 1. The van der Waals surface area contributed by atoms with Crippen LogP contribution < -0.4 is 0 Å². The average molecular weight is 196 g/mol. The van der Waals surface area contributed by atoms with Gasteiger partial charge in [-0.05, 0) is 11.5 Å². The van der Waals surface area contributed by atoms with Gasteiger partial charge >= 0.3 is 0 Å². The third kappa shape index (κ3) is 1.90. The smallest absolute Gasteiger partial charge is 0.0876 e. The summed E-state index contributed by atoms with van der Waals surface area (Å²) >= 11 is 1.28. The quantitative estimate of drug-likeness (QED) is 0.751. The molecule has 2 aromatic heterocycles. The van der Waals surface area contributed by atoms with E-state index >= 15 is 0 Å². The molecule has 0 radical (unpaired) electrons. The summed E-state index contributed by atoms with van der Waals surface area (Å²) in [5.74, 6) is 0. The monoisotopic (exact) mass is 196 g/mol. The molecule has 0 bridgehead atoms. The van der Waals surface area contributed by atoms with Crippen molar-refractivity contribution >= 4 is 11.5 Å². The van der Waals surface area contributed by atoms with E-state index in [4.69, 9.17) is 0 Å². The molecule has 0 aliphatic rings. The van der Waals surface area contributed by atoms with E-state index in [1.807, 2.05) is 5.38 Å². The van der Waals surface area contributed by atoms with Gasteiger partial charge in [-0.25, -0.2) is 0 Å². The number of rotatable bonds is 3. The third-order valence-corrected chi connectivity index (χ3v) is 2.27. The molecule has 2 rings (SSSR count). The first-order chi connectivity index (χ1) is 6.36. The lowest BCUT2D eigenvalue weighted by Crippen LogP contribution is -2.00. The Kier molecular flexibility index (Phi) is 2.33. The van der Waals surface area contributed by atoms with Crippen LogP contribution in [0, 0.1) is 0 Å². The van der Waals surface area contributed by atoms with Crippen molar-refractivity contribution in [2.45, 2.75) is 12.5 Å². The SMILES string of the molecule is OC(Cc1csnn1)c1cn[nH]c1. The van der Waals surface area contributed by atoms with Gasteiger partial charge in [0.05, 0.1) is 18.0 Å². The Bertz CT molecular complexity index is 344. The first-order valence-electron chi connectivity index (χ1n) is 3.79. The van der Waals surface area contributed by atoms with Crippen molar-refractivity contribution in [1.29, 1.82) is 0 Å². The van der Waals surface area contributed by atoms with E-state index in [0.29, 0.717) is 6.42 Å². The molecule has 0 aliphatic heterocycles. The summed E-state index contributed by atoms with van der Waals surface area (Å²) in [6.45, 7) is 0.